The number of carbonyl (C=O) groups excluding carboxylic acids is 1. The summed E-state index contributed by atoms with van der Waals surface area (Å²) in [6, 6.07) is 0. The van der Waals surface area contributed by atoms with Gasteiger partial charge in [-0.05, 0) is 18.3 Å². The van der Waals surface area contributed by atoms with Crippen molar-refractivity contribution in [3.8, 4) is 0 Å². The minimum Gasteiger partial charge on any atom is -0.481 e. The summed E-state index contributed by atoms with van der Waals surface area (Å²) in [6.07, 6.45) is 1.61. The first-order valence-corrected chi connectivity index (χ1v) is 5.05. The Balaban J connectivity index is 2.60. The summed E-state index contributed by atoms with van der Waals surface area (Å²) in [6.45, 7) is 5.78. The monoisotopic (exact) mass is 196 g/mol. The van der Waals surface area contributed by atoms with Crippen LogP contribution in [0.1, 0.15) is 40.0 Å². The Morgan fingerprint density at radius 2 is 1.86 bits per heavy atom. The van der Waals surface area contributed by atoms with E-state index in [0.717, 1.165) is 6.42 Å². The molecule has 0 radical (unpaired) electrons. The van der Waals surface area contributed by atoms with Gasteiger partial charge in [0.05, 0.1) is 5.41 Å². The minimum atomic E-state index is -0.794. The lowest BCUT2D eigenvalue weighted by molar-refractivity contribution is -0.154. The standard InChI is InChI=1S/C11H16O3/c1-9(2)10(3)4-5-11(9,8(13)14)6-7(10)12/h4-6H2,1-3H3,(H,13,14)/t10-,11+/m1/s1. The number of rotatable bonds is 1. The Morgan fingerprint density at radius 3 is 2.07 bits per heavy atom. The molecule has 1 N–H and O–H groups in total. The number of ketones is 1. The Bertz CT molecular complexity index is 331. The fourth-order valence-electron chi connectivity index (χ4n) is 3.33. The summed E-state index contributed by atoms with van der Waals surface area (Å²) in [5.74, 6) is -0.659. The Morgan fingerprint density at radius 1 is 1.29 bits per heavy atom. The first-order valence-electron chi connectivity index (χ1n) is 5.05. The Labute approximate surface area is 83.5 Å². The zero-order valence-corrected chi connectivity index (χ0v) is 8.89. The molecule has 14 heavy (non-hydrogen) atoms. The highest BCUT2D eigenvalue weighted by atomic mass is 16.4. The third-order valence-electron chi connectivity index (χ3n) is 5.11. The van der Waals surface area contributed by atoms with Gasteiger partial charge in [-0.1, -0.05) is 20.8 Å². The van der Waals surface area contributed by atoms with E-state index in [1.165, 1.54) is 0 Å². The van der Waals surface area contributed by atoms with Crippen LogP contribution in [0.15, 0.2) is 0 Å². The second kappa shape index (κ2) is 2.20. The molecule has 3 heteroatoms. The normalized spacial score (nSPS) is 44.4. The zero-order valence-electron chi connectivity index (χ0n) is 8.89. The number of fused-ring (bicyclic) bond motifs is 2. The number of carboxylic acids is 1. The van der Waals surface area contributed by atoms with E-state index in [1.54, 1.807) is 0 Å². The Kier molecular flexibility index (Phi) is 1.53. The van der Waals surface area contributed by atoms with Crippen molar-refractivity contribution in [1.82, 2.24) is 0 Å². The van der Waals surface area contributed by atoms with E-state index in [4.69, 9.17) is 0 Å². The van der Waals surface area contributed by atoms with Gasteiger partial charge in [-0.2, -0.15) is 0 Å². The summed E-state index contributed by atoms with van der Waals surface area (Å²) in [7, 11) is 0. The highest BCUT2D eigenvalue weighted by molar-refractivity contribution is 5.97. The third-order valence-corrected chi connectivity index (χ3v) is 5.11. The minimum absolute atomic E-state index is 0.135. The molecule has 2 fully saturated rings. The molecule has 2 atom stereocenters. The molecule has 3 nitrogen and oxygen atoms in total. The van der Waals surface area contributed by atoms with E-state index in [9.17, 15) is 14.7 Å². The van der Waals surface area contributed by atoms with Crippen molar-refractivity contribution in [1.29, 1.82) is 0 Å². The largest absolute Gasteiger partial charge is 0.481 e. The van der Waals surface area contributed by atoms with Gasteiger partial charge in [0.15, 0.2) is 0 Å². The fraction of sp³-hybridized carbons (Fsp3) is 0.818. The predicted octanol–water partition coefficient (Wildman–Crippen LogP) is 1.86. The molecule has 2 saturated carbocycles. The molecular weight excluding hydrogens is 180 g/mol. The van der Waals surface area contributed by atoms with Gasteiger partial charge in [-0.25, -0.2) is 0 Å². The molecule has 0 saturated heterocycles. The highest BCUT2D eigenvalue weighted by Crippen LogP contribution is 2.70. The molecule has 2 aliphatic rings. The smallest absolute Gasteiger partial charge is 0.310 e. The number of hydrogen-bond donors (Lipinski definition) is 1. The maximum absolute atomic E-state index is 11.8. The maximum Gasteiger partial charge on any atom is 0.310 e. The summed E-state index contributed by atoms with van der Waals surface area (Å²) in [5, 5.41) is 9.31. The number of aliphatic carboxylic acids is 1. The predicted molar refractivity (Wildman–Crippen MR) is 50.8 cm³/mol. The average molecular weight is 196 g/mol. The fourth-order valence-corrected chi connectivity index (χ4v) is 3.33. The van der Waals surface area contributed by atoms with Gasteiger partial charge in [0.1, 0.15) is 5.78 Å². The summed E-state index contributed by atoms with van der Waals surface area (Å²) < 4.78 is 0. The zero-order chi connectivity index (χ0) is 10.8. The van der Waals surface area contributed by atoms with Gasteiger partial charge in [0.25, 0.3) is 0 Å². The van der Waals surface area contributed by atoms with Crippen molar-refractivity contribution in [3.63, 3.8) is 0 Å². The van der Waals surface area contributed by atoms with Crippen LogP contribution in [-0.2, 0) is 9.59 Å². The molecule has 0 unspecified atom stereocenters. The van der Waals surface area contributed by atoms with Crippen LogP contribution in [-0.4, -0.2) is 16.9 Å². The van der Waals surface area contributed by atoms with Crippen LogP contribution in [0.3, 0.4) is 0 Å². The first kappa shape index (κ1) is 9.69. The number of hydrogen-bond acceptors (Lipinski definition) is 2. The lowest BCUT2D eigenvalue weighted by Crippen LogP contribution is -2.40. The first-order chi connectivity index (χ1) is 6.28. The number of carbonyl (C=O) groups is 2. The molecule has 2 aliphatic carbocycles. The van der Waals surface area contributed by atoms with E-state index in [2.05, 4.69) is 0 Å². The lowest BCUT2D eigenvalue weighted by Gasteiger charge is -2.36. The van der Waals surface area contributed by atoms with Crippen molar-refractivity contribution in [2.75, 3.05) is 0 Å². The van der Waals surface area contributed by atoms with Crippen molar-refractivity contribution in [3.05, 3.63) is 0 Å². The van der Waals surface area contributed by atoms with Gasteiger partial charge in [0, 0.05) is 11.8 Å². The van der Waals surface area contributed by atoms with Gasteiger partial charge in [0.2, 0.25) is 0 Å². The molecule has 0 aromatic rings. The van der Waals surface area contributed by atoms with Crippen LogP contribution >= 0.6 is 0 Å². The summed E-state index contributed by atoms with van der Waals surface area (Å²) >= 11 is 0. The molecular formula is C11H16O3. The van der Waals surface area contributed by atoms with Crippen LogP contribution in [0, 0.1) is 16.2 Å². The molecule has 0 spiro atoms. The van der Waals surface area contributed by atoms with E-state index < -0.39 is 22.2 Å². The molecule has 2 rings (SSSR count). The van der Waals surface area contributed by atoms with Crippen molar-refractivity contribution < 1.29 is 14.7 Å². The summed E-state index contributed by atoms with van der Waals surface area (Å²) in [5.41, 5.74) is -1.60. The van der Waals surface area contributed by atoms with Crippen molar-refractivity contribution in [2.24, 2.45) is 16.2 Å². The van der Waals surface area contributed by atoms with Crippen molar-refractivity contribution >= 4 is 11.8 Å². The van der Waals surface area contributed by atoms with Crippen LogP contribution in [0.5, 0.6) is 0 Å². The van der Waals surface area contributed by atoms with E-state index in [0.29, 0.717) is 6.42 Å². The van der Waals surface area contributed by atoms with E-state index >= 15 is 0 Å². The number of carboxylic acid groups (broad SMARTS) is 1. The molecule has 78 valence electrons. The molecule has 0 aliphatic heterocycles. The highest BCUT2D eigenvalue weighted by Gasteiger charge is 2.72. The van der Waals surface area contributed by atoms with Crippen LogP contribution in [0.4, 0.5) is 0 Å². The quantitative estimate of drug-likeness (QED) is 0.696. The third kappa shape index (κ3) is 0.677. The molecule has 0 heterocycles. The second-order valence-corrected chi connectivity index (χ2v) is 5.44. The van der Waals surface area contributed by atoms with Gasteiger partial charge in [-0.15, -0.1) is 0 Å². The second-order valence-electron chi connectivity index (χ2n) is 5.44. The van der Waals surface area contributed by atoms with E-state index in [-0.39, 0.29) is 12.2 Å². The molecule has 0 amide bonds. The maximum atomic E-state index is 11.8. The average Bonchev–Trinajstić information content (AvgIpc) is 2.34. The van der Waals surface area contributed by atoms with Crippen LogP contribution in [0.25, 0.3) is 0 Å². The van der Waals surface area contributed by atoms with Gasteiger partial charge >= 0.3 is 5.97 Å². The number of Topliss-reactive ketones (excluding diaryl/α,β-unsaturated/α-hetero) is 1. The van der Waals surface area contributed by atoms with Crippen molar-refractivity contribution in [2.45, 2.75) is 40.0 Å². The topological polar surface area (TPSA) is 54.4 Å². The van der Waals surface area contributed by atoms with Crippen LogP contribution in [0.2, 0.25) is 0 Å². The van der Waals surface area contributed by atoms with Crippen LogP contribution < -0.4 is 0 Å². The van der Waals surface area contributed by atoms with Gasteiger partial charge in [-0.3, -0.25) is 9.59 Å². The summed E-state index contributed by atoms with van der Waals surface area (Å²) in [4.78, 5) is 23.2. The SMILES string of the molecule is CC1(C)[C@@]2(C(=O)O)CC[C@]1(C)C(=O)C2. The molecule has 2 bridgehead atoms. The molecule has 0 aromatic carbocycles. The van der Waals surface area contributed by atoms with Gasteiger partial charge < -0.3 is 5.11 Å². The lowest BCUT2D eigenvalue weighted by atomic mass is 9.65. The van der Waals surface area contributed by atoms with E-state index in [1.807, 2.05) is 20.8 Å². The Hall–Kier alpha value is -0.860. The molecule has 0 aromatic heterocycles.